The summed E-state index contributed by atoms with van der Waals surface area (Å²) in [6, 6.07) is 14.7. The van der Waals surface area contributed by atoms with E-state index in [4.69, 9.17) is 5.73 Å². The summed E-state index contributed by atoms with van der Waals surface area (Å²) >= 11 is 0. The van der Waals surface area contributed by atoms with Gasteiger partial charge < -0.3 is 20.5 Å². The molecule has 3 aromatic carbocycles. The van der Waals surface area contributed by atoms with Crippen LogP contribution in [0.3, 0.4) is 0 Å². The second-order valence-corrected chi connectivity index (χ2v) is 10.2. The number of hydrogen-bond donors (Lipinski definition) is 2. The number of carbonyl (C=O) groups excluding carboxylic acids is 3. The van der Waals surface area contributed by atoms with Crippen LogP contribution in [0.5, 0.6) is 0 Å². The molecule has 3 amide bonds. The number of nitrogens with zero attached hydrogens (tertiary/aromatic N) is 3. The highest BCUT2D eigenvalue weighted by Gasteiger charge is 2.35. The van der Waals surface area contributed by atoms with E-state index in [0.717, 1.165) is 24.2 Å². The largest absolute Gasteiger partial charge is 0.416 e. The predicted octanol–water partition coefficient (Wildman–Crippen LogP) is 5.85. The van der Waals surface area contributed by atoms with Crippen LogP contribution in [-0.4, -0.2) is 33.3 Å². The Morgan fingerprint density at radius 1 is 1.07 bits per heavy atom. The SMILES string of the molecule is CCn1c(-c2ccc(N3C(=O)C(C)CC3C)cc2)nc2cc(C(F)(F)F)cc(C(=O)Nc3cccc(C(N)=O)c3)c21. The number of nitrogens with two attached hydrogens (primary N) is 1. The summed E-state index contributed by atoms with van der Waals surface area (Å²) in [6.07, 6.45) is -3.96. The summed E-state index contributed by atoms with van der Waals surface area (Å²) in [7, 11) is 0. The number of aryl methyl sites for hydroxylation is 1. The third kappa shape index (κ3) is 5.15. The zero-order valence-electron chi connectivity index (χ0n) is 22.6. The van der Waals surface area contributed by atoms with Crippen LogP contribution in [0.15, 0.2) is 60.7 Å². The molecule has 1 aromatic heterocycles. The molecule has 2 unspecified atom stereocenters. The van der Waals surface area contributed by atoms with Crippen molar-refractivity contribution in [3.63, 3.8) is 0 Å². The van der Waals surface area contributed by atoms with Gasteiger partial charge in [-0.15, -0.1) is 0 Å². The molecule has 0 aliphatic carbocycles. The van der Waals surface area contributed by atoms with Gasteiger partial charge in [0.15, 0.2) is 0 Å². The smallest absolute Gasteiger partial charge is 0.366 e. The molecule has 2 atom stereocenters. The molecule has 1 saturated heterocycles. The van der Waals surface area contributed by atoms with E-state index >= 15 is 0 Å². The maximum absolute atomic E-state index is 13.9. The lowest BCUT2D eigenvalue weighted by atomic mass is 10.1. The highest BCUT2D eigenvalue weighted by molar-refractivity contribution is 6.12. The number of fused-ring (bicyclic) bond motifs is 1. The maximum atomic E-state index is 13.9. The molecular weight excluding hydrogens is 535 g/mol. The van der Waals surface area contributed by atoms with Crippen LogP contribution in [0.2, 0.25) is 0 Å². The van der Waals surface area contributed by atoms with E-state index in [0.29, 0.717) is 17.9 Å². The fourth-order valence-corrected chi connectivity index (χ4v) is 5.41. The van der Waals surface area contributed by atoms with Gasteiger partial charge in [0.05, 0.1) is 22.2 Å². The summed E-state index contributed by atoms with van der Waals surface area (Å²) in [5.74, 6) is -1.15. The molecule has 0 radical (unpaired) electrons. The average Bonchev–Trinajstić information content (AvgIpc) is 3.43. The van der Waals surface area contributed by atoms with Gasteiger partial charge in [0.25, 0.3) is 5.91 Å². The van der Waals surface area contributed by atoms with Crippen LogP contribution in [0.1, 0.15) is 53.5 Å². The minimum Gasteiger partial charge on any atom is -0.366 e. The van der Waals surface area contributed by atoms with E-state index in [-0.39, 0.29) is 45.7 Å². The third-order valence-electron chi connectivity index (χ3n) is 7.33. The Morgan fingerprint density at radius 2 is 1.78 bits per heavy atom. The second-order valence-electron chi connectivity index (χ2n) is 10.2. The van der Waals surface area contributed by atoms with E-state index in [1.165, 1.54) is 24.3 Å². The zero-order valence-corrected chi connectivity index (χ0v) is 22.6. The molecule has 0 saturated carbocycles. The molecule has 212 valence electrons. The Hall–Kier alpha value is -4.67. The van der Waals surface area contributed by atoms with E-state index in [1.807, 2.05) is 13.8 Å². The quantitative estimate of drug-likeness (QED) is 0.306. The Morgan fingerprint density at radius 3 is 2.37 bits per heavy atom. The molecule has 5 rings (SSSR count). The van der Waals surface area contributed by atoms with Crippen molar-refractivity contribution < 1.29 is 27.6 Å². The van der Waals surface area contributed by atoms with Gasteiger partial charge in [-0.2, -0.15) is 13.2 Å². The Labute approximate surface area is 234 Å². The Bertz CT molecular complexity index is 1680. The standard InChI is InChI=1S/C30H28F3N5O3/c1-4-37-25-23(28(40)35-21-7-5-6-19(13-21)26(34)39)14-20(30(31,32)33)15-24(25)36-27(37)18-8-10-22(11-9-18)38-17(3)12-16(2)29(38)41/h5-11,13-17H,4,12H2,1-3H3,(H2,34,39)(H,35,40). The van der Waals surface area contributed by atoms with Gasteiger partial charge in [-0.25, -0.2) is 4.98 Å². The molecule has 3 N–H and O–H groups in total. The van der Waals surface area contributed by atoms with Crippen molar-refractivity contribution in [1.82, 2.24) is 9.55 Å². The lowest BCUT2D eigenvalue weighted by Crippen LogP contribution is -2.31. The van der Waals surface area contributed by atoms with Gasteiger partial charge in [0, 0.05) is 41.0 Å². The molecule has 0 bridgehead atoms. The van der Waals surface area contributed by atoms with Crippen molar-refractivity contribution in [3.05, 3.63) is 77.4 Å². The van der Waals surface area contributed by atoms with Crippen molar-refractivity contribution in [2.24, 2.45) is 11.7 Å². The van der Waals surface area contributed by atoms with Gasteiger partial charge in [0.2, 0.25) is 11.8 Å². The van der Waals surface area contributed by atoms with Crippen molar-refractivity contribution in [2.75, 3.05) is 10.2 Å². The first kappa shape index (κ1) is 27.9. The summed E-state index contributed by atoms with van der Waals surface area (Å²) in [4.78, 5) is 43.9. The van der Waals surface area contributed by atoms with Crippen LogP contribution >= 0.6 is 0 Å². The highest BCUT2D eigenvalue weighted by Crippen LogP contribution is 2.37. The molecule has 4 aromatic rings. The monoisotopic (exact) mass is 563 g/mol. The minimum absolute atomic E-state index is 0.00829. The molecule has 0 spiro atoms. The Kier molecular flexibility index (Phi) is 7.06. The van der Waals surface area contributed by atoms with E-state index in [9.17, 15) is 27.6 Å². The highest BCUT2D eigenvalue weighted by atomic mass is 19.4. The number of primary amides is 1. The summed E-state index contributed by atoms with van der Waals surface area (Å²) in [5.41, 5.74) is 6.02. The van der Waals surface area contributed by atoms with E-state index < -0.39 is 23.6 Å². The zero-order chi connectivity index (χ0) is 29.6. The number of carbonyl (C=O) groups is 3. The summed E-state index contributed by atoms with van der Waals surface area (Å²) < 4.78 is 43.3. The minimum atomic E-state index is -4.72. The van der Waals surface area contributed by atoms with Crippen LogP contribution in [0.25, 0.3) is 22.4 Å². The number of imidazole rings is 1. The van der Waals surface area contributed by atoms with Gasteiger partial charge in [-0.1, -0.05) is 13.0 Å². The number of hydrogen-bond acceptors (Lipinski definition) is 4. The molecule has 11 heteroatoms. The van der Waals surface area contributed by atoms with Crippen molar-refractivity contribution in [2.45, 2.75) is 46.0 Å². The molecule has 8 nitrogen and oxygen atoms in total. The lowest BCUT2D eigenvalue weighted by Gasteiger charge is -2.22. The van der Waals surface area contributed by atoms with Crippen molar-refractivity contribution in [1.29, 1.82) is 0 Å². The van der Waals surface area contributed by atoms with Gasteiger partial charge in [-0.3, -0.25) is 14.4 Å². The number of alkyl halides is 3. The topological polar surface area (TPSA) is 110 Å². The van der Waals surface area contributed by atoms with Crippen LogP contribution in [-0.2, 0) is 17.5 Å². The first-order chi connectivity index (χ1) is 19.4. The van der Waals surface area contributed by atoms with E-state index in [1.54, 1.807) is 40.7 Å². The number of amides is 3. The molecular formula is C30H28F3N5O3. The maximum Gasteiger partial charge on any atom is 0.416 e. The van der Waals surface area contributed by atoms with Gasteiger partial charge in [0.1, 0.15) is 5.82 Å². The first-order valence-corrected chi connectivity index (χ1v) is 13.1. The fourth-order valence-electron chi connectivity index (χ4n) is 5.41. The normalized spacial score (nSPS) is 17.3. The number of anilines is 2. The van der Waals surface area contributed by atoms with Crippen LogP contribution in [0, 0.1) is 5.92 Å². The number of halogens is 3. The summed E-state index contributed by atoms with van der Waals surface area (Å²) in [6.45, 7) is 6.01. The number of benzene rings is 3. The molecule has 1 fully saturated rings. The first-order valence-electron chi connectivity index (χ1n) is 13.1. The number of aromatic nitrogens is 2. The molecule has 2 heterocycles. The van der Waals surface area contributed by atoms with Gasteiger partial charge >= 0.3 is 6.18 Å². The third-order valence-corrected chi connectivity index (χ3v) is 7.33. The lowest BCUT2D eigenvalue weighted by molar-refractivity contribution is -0.137. The van der Waals surface area contributed by atoms with Crippen LogP contribution in [0.4, 0.5) is 24.5 Å². The van der Waals surface area contributed by atoms with E-state index in [2.05, 4.69) is 10.3 Å². The van der Waals surface area contributed by atoms with Crippen molar-refractivity contribution in [3.8, 4) is 11.4 Å². The number of rotatable bonds is 6. The average molecular weight is 564 g/mol. The molecule has 41 heavy (non-hydrogen) atoms. The van der Waals surface area contributed by atoms with Crippen LogP contribution < -0.4 is 16.0 Å². The second kappa shape index (κ2) is 10.4. The van der Waals surface area contributed by atoms with Gasteiger partial charge in [-0.05, 0) is 74.9 Å². The predicted molar refractivity (Wildman–Crippen MR) is 149 cm³/mol. The van der Waals surface area contributed by atoms with Crippen molar-refractivity contribution >= 4 is 40.1 Å². The Balaban J connectivity index is 1.60. The molecule has 1 aliphatic rings. The molecule has 1 aliphatic heterocycles. The number of nitrogens with one attached hydrogen (secondary N) is 1. The fraction of sp³-hybridized carbons (Fsp3) is 0.267. The summed E-state index contributed by atoms with van der Waals surface area (Å²) in [5, 5.41) is 2.58.